The molecule has 0 radical (unpaired) electrons. The second-order valence-corrected chi connectivity index (χ2v) is 11.0. The van der Waals surface area contributed by atoms with Crippen molar-refractivity contribution in [2.24, 2.45) is 12.8 Å². The zero-order chi connectivity index (χ0) is 32.5. The van der Waals surface area contributed by atoms with Crippen molar-refractivity contribution in [2.75, 3.05) is 44.2 Å². The number of anilines is 2. The Balaban J connectivity index is 1.41. The van der Waals surface area contributed by atoms with Crippen LogP contribution in [0.25, 0.3) is 33.4 Å². The maximum atomic E-state index is 16.0. The molecule has 4 N–H and O–H groups in total. The van der Waals surface area contributed by atoms with Crippen LogP contribution in [0.5, 0.6) is 5.75 Å². The number of amides is 1. The minimum Gasteiger partial charge on any atom is -0.496 e. The maximum absolute atomic E-state index is 16.0. The van der Waals surface area contributed by atoms with Crippen molar-refractivity contribution in [1.29, 1.82) is 0 Å². The molecule has 6 rings (SSSR count). The third-order valence-electron chi connectivity index (χ3n) is 8.00. The first-order chi connectivity index (χ1) is 22.2. The number of hydrogen-bond donors (Lipinski definition) is 3. The van der Waals surface area contributed by atoms with Crippen molar-refractivity contribution in [1.82, 2.24) is 29.5 Å². The van der Waals surface area contributed by atoms with Crippen molar-refractivity contribution in [2.45, 2.75) is 25.0 Å². The Hall–Kier alpha value is -4.99. The molecule has 46 heavy (non-hydrogen) atoms. The number of aliphatic hydroxyl groups excluding tert-OH is 1. The van der Waals surface area contributed by atoms with Gasteiger partial charge in [-0.3, -0.25) is 14.2 Å². The van der Waals surface area contributed by atoms with Gasteiger partial charge in [-0.05, 0) is 24.6 Å². The number of halogens is 2. The number of carbonyl (C=O) groups is 1. The summed E-state index contributed by atoms with van der Waals surface area (Å²) >= 11 is 0. The minimum atomic E-state index is -0.692. The van der Waals surface area contributed by atoms with Crippen molar-refractivity contribution in [3.05, 3.63) is 66.4 Å². The van der Waals surface area contributed by atoms with Crippen LogP contribution in [0, 0.1) is 11.6 Å². The molecule has 15 heteroatoms. The lowest BCUT2D eigenvalue weighted by molar-refractivity contribution is 0.102. The fourth-order valence-corrected chi connectivity index (χ4v) is 5.88. The van der Waals surface area contributed by atoms with Crippen LogP contribution in [0.4, 0.5) is 20.2 Å². The van der Waals surface area contributed by atoms with Gasteiger partial charge in [0, 0.05) is 61.7 Å². The van der Waals surface area contributed by atoms with E-state index in [1.165, 1.54) is 42.5 Å². The number of methoxy groups -OCH3 is 2. The smallest absolute Gasteiger partial charge is 0.274 e. The van der Waals surface area contributed by atoms with Gasteiger partial charge in [-0.25, -0.2) is 18.7 Å². The molecular formula is C31H33F2N9O4. The van der Waals surface area contributed by atoms with E-state index in [0.29, 0.717) is 42.8 Å². The van der Waals surface area contributed by atoms with Gasteiger partial charge in [0.05, 0.1) is 62.2 Å². The van der Waals surface area contributed by atoms with Crippen LogP contribution in [-0.2, 0) is 18.3 Å². The van der Waals surface area contributed by atoms with Crippen LogP contribution in [-0.4, -0.2) is 86.6 Å². The summed E-state index contributed by atoms with van der Waals surface area (Å²) < 4.78 is 45.3. The van der Waals surface area contributed by atoms with Gasteiger partial charge < -0.3 is 30.5 Å². The highest BCUT2D eigenvalue weighted by Crippen LogP contribution is 2.41. The van der Waals surface area contributed by atoms with Crippen LogP contribution >= 0.6 is 0 Å². The van der Waals surface area contributed by atoms with Gasteiger partial charge in [-0.1, -0.05) is 0 Å². The number of carbonyl (C=O) groups excluding carboxylic acids is 1. The summed E-state index contributed by atoms with van der Waals surface area (Å²) in [7, 11) is 4.66. The number of ether oxygens (including phenoxy) is 2. The average Bonchev–Trinajstić information content (AvgIpc) is 3.78. The van der Waals surface area contributed by atoms with Crippen molar-refractivity contribution in [3.63, 3.8) is 0 Å². The number of fused-ring (bicyclic) bond motifs is 1. The predicted octanol–water partition coefficient (Wildman–Crippen LogP) is 2.98. The lowest BCUT2D eigenvalue weighted by atomic mass is 10.0. The lowest BCUT2D eigenvalue weighted by Crippen LogP contribution is -2.34. The summed E-state index contributed by atoms with van der Waals surface area (Å²) in [5, 5.41) is 21.8. The summed E-state index contributed by atoms with van der Waals surface area (Å²) in [6.07, 6.45) is 6.55. The van der Waals surface area contributed by atoms with Crippen LogP contribution in [0.15, 0.2) is 49.1 Å². The van der Waals surface area contributed by atoms with E-state index >= 15 is 8.78 Å². The fourth-order valence-electron chi connectivity index (χ4n) is 5.88. The number of aromatic nitrogens is 6. The Labute approximate surface area is 262 Å². The zero-order valence-corrected chi connectivity index (χ0v) is 25.4. The Morgan fingerprint density at radius 3 is 2.74 bits per heavy atom. The van der Waals surface area contributed by atoms with E-state index in [9.17, 15) is 9.90 Å². The van der Waals surface area contributed by atoms with Gasteiger partial charge in [0.2, 0.25) is 0 Å². The van der Waals surface area contributed by atoms with Gasteiger partial charge in [-0.2, -0.15) is 10.2 Å². The largest absolute Gasteiger partial charge is 0.496 e. The third-order valence-corrected chi connectivity index (χ3v) is 8.00. The normalized spacial score (nSPS) is 16.4. The molecule has 2 aromatic carbocycles. The zero-order valence-electron chi connectivity index (χ0n) is 25.4. The van der Waals surface area contributed by atoms with Crippen LogP contribution in [0.2, 0.25) is 0 Å². The molecule has 0 saturated carbocycles. The minimum absolute atomic E-state index is 0.0352. The highest BCUT2D eigenvalue weighted by Gasteiger charge is 2.34. The number of rotatable bonds is 10. The van der Waals surface area contributed by atoms with Crippen molar-refractivity contribution >= 4 is 28.2 Å². The maximum Gasteiger partial charge on any atom is 0.274 e. The number of aryl methyl sites for hydroxylation is 1. The first-order valence-corrected chi connectivity index (χ1v) is 14.5. The standard InChI is InChI=1S/C31H33F2N9O4/c1-40-14-17(12-36-40)20-4-5-25(46-3)26(27(20)33)30-35-7-6-23(38-30)31(44)39-24-11-22(32)28-21(13-37-42(28)8-9-45-2)29(24)41-15-18(34)10-19(41)16-43/h4-7,11-14,18-19,43H,8-10,15-16,34H2,1-3H3,(H,39,44). The molecule has 1 saturated heterocycles. The van der Waals surface area contributed by atoms with Crippen LogP contribution in [0.1, 0.15) is 16.9 Å². The SMILES string of the molecule is COCCn1ncc2c(N3CC(N)CC3CO)c(NC(=O)c3ccnc(-c4c(OC)ccc(-c5cnn(C)c5)c4F)n3)cc(F)c21. The van der Waals surface area contributed by atoms with E-state index in [0.717, 1.165) is 0 Å². The second kappa shape index (κ2) is 12.8. The molecular weight excluding hydrogens is 600 g/mol. The lowest BCUT2D eigenvalue weighted by Gasteiger charge is -2.28. The molecule has 1 aliphatic rings. The monoisotopic (exact) mass is 633 g/mol. The molecule has 4 heterocycles. The predicted molar refractivity (Wildman–Crippen MR) is 167 cm³/mol. The quantitative estimate of drug-likeness (QED) is 0.209. The Morgan fingerprint density at radius 1 is 1.20 bits per heavy atom. The van der Waals surface area contributed by atoms with Crippen molar-refractivity contribution in [3.8, 4) is 28.3 Å². The number of nitrogens with zero attached hydrogens (tertiary/aromatic N) is 7. The van der Waals surface area contributed by atoms with Gasteiger partial charge >= 0.3 is 0 Å². The van der Waals surface area contributed by atoms with Gasteiger partial charge in [0.15, 0.2) is 11.6 Å². The highest BCUT2D eigenvalue weighted by atomic mass is 19.1. The highest BCUT2D eigenvalue weighted by molar-refractivity contribution is 6.09. The third kappa shape index (κ3) is 5.63. The second-order valence-electron chi connectivity index (χ2n) is 11.0. The molecule has 0 spiro atoms. The molecule has 1 aliphatic heterocycles. The molecule has 5 aromatic rings. The van der Waals surface area contributed by atoms with E-state index in [1.54, 1.807) is 37.2 Å². The van der Waals surface area contributed by atoms with Gasteiger partial charge in [0.25, 0.3) is 5.91 Å². The molecule has 0 aliphatic carbocycles. The summed E-state index contributed by atoms with van der Waals surface area (Å²) in [5.74, 6) is -1.87. The average molecular weight is 634 g/mol. The van der Waals surface area contributed by atoms with E-state index in [2.05, 4.69) is 25.5 Å². The molecule has 3 aromatic heterocycles. The number of hydrogen-bond acceptors (Lipinski definition) is 10. The molecule has 1 amide bonds. The van der Waals surface area contributed by atoms with E-state index in [-0.39, 0.29) is 58.3 Å². The van der Waals surface area contributed by atoms with E-state index in [1.807, 2.05) is 4.90 Å². The first kappa shape index (κ1) is 31.0. The molecule has 2 unspecified atom stereocenters. The molecule has 0 bridgehead atoms. The van der Waals surface area contributed by atoms with Crippen molar-refractivity contribution < 1.29 is 28.2 Å². The van der Waals surface area contributed by atoms with Crippen LogP contribution in [0.3, 0.4) is 0 Å². The summed E-state index contributed by atoms with van der Waals surface area (Å²) in [6, 6.07) is 5.12. The number of nitrogens with two attached hydrogens (primary N) is 1. The Bertz CT molecular complexity index is 1910. The fraction of sp³-hybridized carbons (Fsp3) is 0.323. The number of benzene rings is 2. The molecule has 13 nitrogen and oxygen atoms in total. The summed E-state index contributed by atoms with van der Waals surface area (Å²) in [5.41, 5.74) is 7.74. The van der Waals surface area contributed by atoms with E-state index < -0.39 is 17.5 Å². The Morgan fingerprint density at radius 2 is 2.02 bits per heavy atom. The Kier molecular flexibility index (Phi) is 8.62. The molecule has 2 atom stereocenters. The first-order valence-electron chi connectivity index (χ1n) is 14.5. The summed E-state index contributed by atoms with van der Waals surface area (Å²) in [6.45, 7) is 0.780. The van der Waals surface area contributed by atoms with Gasteiger partial charge in [0.1, 0.15) is 22.8 Å². The number of nitrogens with one attached hydrogen (secondary N) is 1. The summed E-state index contributed by atoms with van der Waals surface area (Å²) in [4.78, 5) is 24.2. The van der Waals surface area contributed by atoms with E-state index in [4.69, 9.17) is 15.2 Å². The molecule has 1 fully saturated rings. The van der Waals surface area contributed by atoms with Gasteiger partial charge in [-0.15, -0.1) is 0 Å². The topological polar surface area (TPSA) is 158 Å². The molecule has 240 valence electrons. The number of aliphatic hydroxyl groups is 1. The van der Waals surface area contributed by atoms with Crippen LogP contribution < -0.4 is 20.7 Å².